The minimum absolute atomic E-state index is 0.00581. The molecule has 0 atom stereocenters. The average Bonchev–Trinajstić information content (AvgIpc) is 3.73. The lowest BCUT2D eigenvalue weighted by atomic mass is 9.33. The number of rotatable bonds is 1. The Morgan fingerprint density at radius 2 is 1.40 bits per heavy atom. The predicted molar refractivity (Wildman–Crippen MR) is 211 cm³/mol. The Morgan fingerprint density at radius 1 is 0.660 bits per heavy atom. The lowest BCUT2D eigenvalue weighted by Gasteiger charge is -2.41. The summed E-state index contributed by atoms with van der Waals surface area (Å²) in [4.78, 5) is 2.56. The molecule has 0 saturated carbocycles. The van der Waals surface area contributed by atoms with Crippen LogP contribution in [-0.4, -0.2) is 11.3 Å². The number of para-hydroxylation sites is 2. The van der Waals surface area contributed by atoms with Crippen LogP contribution in [-0.2, 0) is 10.8 Å². The number of aryl methyl sites for hydroxylation is 1. The van der Waals surface area contributed by atoms with E-state index in [-0.39, 0.29) is 17.5 Å². The van der Waals surface area contributed by atoms with Gasteiger partial charge >= 0.3 is 0 Å². The zero-order valence-electron chi connectivity index (χ0n) is 29.3. The summed E-state index contributed by atoms with van der Waals surface area (Å²) in [7, 11) is 0. The van der Waals surface area contributed by atoms with Crippen LogP contribution in [0, 0.1) is 6.92 Å². The number of hydrogen-bond donors (Lipinski definition) is 0. The van der Waals surface area contributed by atoms with Crippen LogP contribution in [0.5, 0.6) is 0 Å². The lowest BCUT2D eigenvalue weighted by Crippen LogP contribution is -2.60. The normalized spacial score (nSPS) is 15.1. The summed E-state index contributed by atoms with van der Waals surface area (Å²) >= 11 is 0. The minimum atomic E-state index is -0.107. The molecule has 3 aliphatic rings. The largest absolute Gasteiger partial charge is 0.456 e. The highest BCUT2D eigenvalue weighted by Crippen LogP contribution is 2.54. The second-order valence-electron chi connectivity index (χ2n) is 16.2. The van der Waals surface area contributed by atoms with Crippen molar-refractivity contribution < 1.29 is 4.42 Å². The SMILES string of the molecule is Cc1cc2c3c(c1)-n1c4c(c5cccc(c51)B3c1ccc(C(C)(C)C)cc1N2c1cccc2oc3ccccc3c12)C(C)(C)c1ccccc1-4. The number of fused-ring (bicyclic) bond motifs is 12. The highest BCUT2D eigenvalue weighted by molar-refractivity contribution is 7.00. The van der Waals surface area contributed by atoms with E-state index in [4.69, 9.17) is 4.42 Å². The first-order chi connectivity index (χ1) is 24.1. The molecule has 2 aromatic heterocycles. The van der Waals surface area contributed by atoms with Crippen LogP contribution in [0.3, 0.4) is 0 Å². The Bertz CT molecular complexity index is 2810. The third-order valence-electron chi connectivity index (χ3n) is 11.9. The van der Waals surface area contributed by atoms with Crippen molar-refractivity contribution in [1.82, 2.24) is 4.57 Å². The molecule has 240 valence electrons. The Morgan fingerprint density at radius 3 is 2.26 bits per heavy atom. The van der Waals surface area contributed by atoms with Crippen LogP contribution in [0.25, 0.3) is 49.8 Å². The van der Waals surface area contributed by atoms with Crippen molar-refractivity contribution in [2.45, 2.75) is 52.4 Å². The zero-order chi connectivity index (χ0) is 33.8. The summed E-state index contributed by atoms with van der Waals surface area (Å²) in [6.45, 7) is 14.1. The maximum Gasteiger partial charge on any atom is 0.252 e. The maximum absolute atomic E-state index is 6.49. The fraction of sp³-hybridized carbons (Fsp3) is 0.174. The molecule has 11 rings (SSSR count). The van der Waals surface area contributed by atoms with Gasteiger partial charge in [-0.05, 0) is 87.4 Å². The van der Waals surface area contributed by atoms with Gasteiger partial charge in [0.25, 0.3) is 6.71 Å². The summed E-state index contributed by atoms with van der Waals surface area (Å²) < 4.78 is 9.12. The number of furan rings is 1. The number of anilines is 3. The third-order valence-corrected chi connectivity index (χ3v) is 11.9. The first kappa shape index (κ1) is 28.4. The van der Waals surface area contributed by atoms with Crippen LogP contribution < -0.4 is 21.3 Å². The van der Waals surface area contributed by atoms with E-state index in [0.717, 1.165) is 27.6 Å². The van der Waals surface area contributed by atoms with Gasteiger partial charge in [0.2, 0.25) is 0 Å². The smallest absolute Gasteiger partial charge is 0.252 e. The van der Waals surface area contributed by atoms with E-state index >= 15 is 0 Å². The topological polar surface area (TPSA) is 21.3 Å². The number of hydrogen-bond acceptors (Lipinski definition) is 2. The number of benzene rings is 6. The summed E-state index contributed by atoms with van der Waals surface area (Å²) in [5.41, 5.74) is 20.3. The van der Waals surface area contributed by atoms with Gasteiger partial charge < -0.3 is 13.9 Å². The van der Waals surface area contributed by atoms with Gasteiger partial charge in [-0.15, -0.1) is 0 Å². The van der Waals surface area contributed by atoms with Gasteiger partial charge in [-0.2, -0.15) is 0 Å². The van der Waals surface area contributed by atoms with E-state index in [1.54, 1.807) is 0 Å². The first-order valence-corrected chi connectivity index (χ1v) is 17.9. The summed E-state index contributed by atoms with van der Waals surface area (Å²) in [6.07, 6.45) is 0. The van der Waals surface area contributed by atoms with E-state index in [1.165, 1.54) is 77.9 Å². The molecule has 8 aromatic rings. The highest BCUT2D eigenvalue weighted by atomic mass is 16.3. The van der Waals surface area contributed by atoms with Crippen LogP contribution in [0.1, 0.15) is 56.9 Å². The van der Waals surface area contributed by atoms with Gasteiger partial charge in [0, 0.05) is 44.3 Å². The second-order valence-corrected chi connectivity index (χ2v) is 16.2. The summed E-state index contributed by atoms with van der Waals surface area (Å²) in [5.74, 6) is 0. The molecule has 50 heavy (non-hydrogen) atoms. The maximum atomic E-state index is 6.49. The van der Waals surface area contributed by atoms with Crippen molar-refractivity contribution in [3.8, 4) is 16.9 Å². The molecule has 0 spiro atoms. The highest BCUT2D eigenvalue weighted by Gasteiger charge is 2.47. The molecule has 0 unspecified atom stereocenters. The molecule has 0 N–H and O–H groups in total. The molecule has 0 fully saturated rings. The first-order valence-electron chi connectivity index (χ1n) is 17.9. The van der Waals surface area contributed by atoms with Gasteiger partial charge in [-0.25, -0.2) is 0 Å². The van der Waals surface area contributed by atoms with E-state index in [9.17, 15) is 0 Å². The van der Waals surface area contributed by atoms with E-state index in [2.05, 4.69) is 166 Å². The van der Waals surface area contributed by atoms with E-state index < -0.39 is 0 Å². The molecule has 1 aliphatic carbocycles. The Hall–Kier alpha value is -5.48. The number of nitrogens with zero attached hydrogens (tertiary/aromatic N) is 2. The van der Waals surface area contributed by atoms with Gasteiger partial charge in [-0.3, -0.25) is 0 Å². The van der Waals surface area contributed by atoms with Crippen molar-refractivity contribution in [3.63, 3.8) is 0 Å². The van der Waals surface area contributed by atoms with Gasteiger partial charge in [0.1, 0.15) is 11.2 Å². The molecule has 0 radical (unpaired) electrons. The van der Waals surface area contributed by atoms with Gasteiger partial charge in [0.15, 0.2) is 0 Å². The van der Waals surface area contributed by atoms with Crippen molar-refractivity contribution in [3.05, 3.63) is 138 Å². The zero-order valence-corrected chi connectivity index (χ0v) is 29.3. The second kappa shape index (κ2) is 9.19. The lowest BCUT2D eigenvalue weighted by molar-refractivity contribution is 0.590. The van der Waals surface area contributed by atoms with E-state index in [0.29, 0.717) is 0 Å². The predicted octanol–water partition coefficient (Wildman–Crippen LogP) is 10.1. The standard InChI is InChI=1S/C46H37BN2O/c1-26-23-36-42-37(24-26)49-43-30(41-44(49)28-13-7-9-16-31(28)46(41,5)6)15-11-17-33(43)47(42)32-22-21-27(45(2,3)4)25-35(32)48(36)34-18-12-20-39-40(34)29-14-8-10-19-38(29)50-39/h7-25H,1-6H3. The van der Waals surface area contributed by atoms with Crippen LogP contribution in [0.15, 0.2) is 120 Å². The molecule has 4 heteroatoms. The summed E-state index contributed by atoms with van der Waals surface area (Å²) in [5, 5.41) is 3.67. The Kier molecular flexibility index (Phi) is 5.22. The molecule has 3 nitrogen and oxygen atoms in total. The molecule has 2 aliphatic heterocycles. The fourth-order valence-corrected chi connectivity index (χ4v) is 9.78. The van der Waals surface area contributed by atoms with Crippen LogP contribution in [0.4, 0.5) is 17.1 Å². The molecule has 0 bridgehead atoms. The Balaban J connectivity index is 1.32. The van der Waals surface area contributed by atoms with E-state index in [1.807, 2.05) is 0 Å². The van der Waals surface area contributed by atoms with Crippen molar-refractivity contribution >= 4 is 73.0 Å². The molecule has 4 heterocycles. The summed E-state index contributed by atoms with van der Waals surface area (Å²) in [6, 6.07) is 43.3. The quantitative estimate of drug-likeness (QED) is 0.166. The molecular formula is C46H37BN2O. The van der Waals surface area contributed by atoms with Crippen molar-refractivity contribution in [1.29, 1.82) is 0 Å². The Labute approximate surface area is 292 Å². The average molecular weight is 645 g/mol. The minimum Gasteiger partial charge on any atom is -0.456 e. The van der Waals surface area contributed by atoms with Crippen molar-refractivity contribution in [2.24, 2.45) is 0 Å². The van der Waals surface area contributed by atoms with Gasteiger partial charge in [-0.1, -0.05) is 113 Å². The molecule has 6 aromatic carbocycles. The van der Waals surface area contributed by atoms with Crippen LogP contribution in [0.2, 0.25) is 0 Å². The van der Waals surface area contributed by atoms with Crippen LogP contribution >= 0.6 is 0 Å². The number of aromatic nitrogens is 1. The molecule has 0 saturated heterocycles. The monoisotopic (exact) mass is 644 g/mol. The third kappa shape index (κ3) is 3.37. The fourth-order valence-electron chi connectivity index (χ4n) is 9.78. The molecular weight excluding hydrogens is 607 g/mol. The van der Waals surface area contributed by atoms with Gasteiger partial charge in [0.05, 0.1) is 16.8 Å². The molecule has 0 amide bonds. The van der Waals surface area contributed by atoms with Crippen molar-refractivity contribution in [2.75, 3.05) is 4.90 Å².